The Morgan fingerprint density at radius 3 is 1.94 bits per heavy atom. The van der Waals surface area contributed by atoms with Crippen molar-refractivity contribution in [3.8, 4) is 12.1 Å². The number of pyridine rings is 2. The number of nitrogens with zero attached hydrogens (tertiary/aromatic N) is 4. The molecule has 12 nitrogen and oxygen atoms in total. The molecule has 0 aromatic carbocycles. The molecule has 0 bridgehead atoms. The highest BCUT2D eigenvalue weighted by molar-refractivity contribution is 5.92. The van der Waals surface area contributed by atoms with Crippen molar-refractivity contribution in [1.82, 2.24) is 9.97 Å². The van der Waals surface area contributed by atoms with Gasteiger partial charge in [0.15, 0.2) is 0 Å². The van der Waals surface area contributed by atoms with Gasteiger partial charge in [-0.15, -0.1) is 0 Å². The predicted octanol–water partition coefficient (Wildman–Crippen LogP) is 1.14. The van der Waals surface area contributed by atoms with Gasteiger partial charge in [-0.05, 0) is 24.3 Å². The fraction of sp³-hybridized carbons (Fsp3) is 0.200. The summed E-state index contributed by atoms with van der Waals surface area (Å²) in [5.41, 5.74) is 6.18. The first-order valence-electron chi connectivity index (χ1n) is 8.96. The zero-order chi connectivity index (χ0) is 23.9. The van der Waals surface area contributed by atoms with Crippen LogP contribution in [0, 0.1) is 22.7 Å². The van der Waals surface area contributed by atoms with Gasteiger partial charge in [-0.3, -0.25) is 19.2 Å². The van der Waals surface area contributed by atoms with E-state index in [9.17, 15) is 19.2 Å². The number of nitriles is 2. The number of anilines is 2. The van der Waals surface area contributed by atoms with E-state index in [4.69, 9.17) is 21.4 Å². The molecular weight excluding hydrogens is 420 g/mol. The van der Waals surface area contributed by atoms with Gasteiger partial charge in [-0.25, -0.2) is 9.97 Å². The quantitative estimate of drug-likeness (QED) is 0.455. The van der Waals surface area contributed by atoms with Crippen molar-refractivity contribution in [3.05, 3.63) is 47.8 Å². The van der Waals surface area contributed by atoms with Crippen LogP contribution in [-0.4, -0.2) is 38.9 Å². The number of carbonyl (C=O) groups excluding carboxylic acids is 3. The fourth-order valence-electron chi connectivity index (χ4n) is 1.86. The maximum atomic E-state index is 11.2. The Morgan fingerprint density at radius 2 is 1.56 bits per heavy atom. The van der Waals surface area contributed by atoms with Gasteiger partial charge in [0.05, 0.1) is 30.4 Å². The molecule has 32 heavy (non-hydrogen) atoms. The number of nitrogens with two attached hydrogens (primary N) is 1. The molecule has 0 saturated carbocycles. The van der Waals surface area contributed by atoms with Crippen molar-refractivity contribution in [3.63, 3.8) is 0 Å². The molecule has 0 radical (unpaired) electrons. The van der Waals surface area contributed by atoms with Gasteiger partial charge in [0, 0.05) is 18.8 Å². The maximum Gasteiger partial charge on any atom is 0.314 e. The van der Waals surface area contributed by atoms with Gasteiger partial charge >= 0.3 is 17.9 Å². The van der Waals surface area contributed by atoms with Crippen LogP contribution in [0.15, 0.2) is 36.7 Å². The average Bonchev–Trinajstić information content (AvgIpc) is 3.17. The summed E-state index contributed by atoms with van der Waals surface area (Å²) in [7, 11) is 0. The first-order valence-corrected chi connectivity index (χ1v) is 8.96. The number of carboxylic acid groups (broad SMARTS) is 1. The Morgan fingerprint density at radius 1 is 1.00 bits per heavy atom. The van der Waals surface area contributed by atoms with Crippen LogP contribution in [0.2, 0.25) is 0 Å². The summed E-state index contributed by atoms with van der Waals surface area (Å²) in [6.07, 6.45) is 2.97. The molecule has 3 rings (SSSR count). The van der Waals surface area contributed by atoms with E-state index < -0.39 is 23.8 Å². The molecule has 1 amide bonds. The second-order valence-corrected chi connectivity index (χ2v) is 5.92. The van der Waals surface area contributed by atoms with Crippen LogP contribution in [0.5, 0.6) is 0 Å². The Balaban J connectivity index is 0.000000267. The number of carbonyl (C=O) groups is 4. The zero-order valence-electron chi connectivity index (χ0n) is 16.6. The zero-order valence-corrected chi connectivity index (χ0v) is 16.6. The highest BCUT2D eigenvalue weighted by atomic mass is 16.6. The minimum absolute atomic E-state index is 0.100. The second kappa shape index (κ2) is 13.4. The number of aromatic nitrogens is 2. The number of nitrogen functional groups attached to an aromatic ring is 1. The molecule has 0 aliphatic carbocycles. The van der Waals surface area contributed by atoms with Crippen LogP contribution in [0.4, 0.5) is 11.6 Å². The third kappa shape index (κ3) is 10.6. The number of cyclic esters (lactones) is 2. The standard InChI is InChI=1S/C10H9N3O3.C6H5N3.C4H4O3/c11-5-7-1-2-8(12-6-7)13-9(14)3-4-10(15)16;7-3-5-1-2-6(8)9-4-5;5-3-1-2-4(6)7-3/h1-2,6H,3-4H2,(H,15,16)(H,12,13,14);1-2,4H,(H2,8,9);1-2H2. The first kappa shape index (κ1) is 25.2. The summed E-state index contributed by atoms with van der Waals surface area (Å²) in [4.78, 5) is 48.9. The number of hydrogen-bond acceptors (Lipinski definition) is 10. The Labute approximate surface area is 182 Å². The van der Waals surface area contributed by atoms with E-state index in [1.807, 2.05) is 12.1 Å². The molecule has 1 fully saturated rings. The molecule has 0 spiro atoms. The molecule has 3 heterocycles. The Kier molecular flexibility index (Phi) is 10.5. The lowest BCUT2D eigenvalue weighted by Crippen LogP contribution is -2.13. The van der Waals surface area contributed by atoms with Crippen molar-refractivity contribution < 1.29 is 29.0 Å². The largest absolute Gasteiger partial charge is 0.481 e. The van der Waals surface area contributed by atoms with E-state index in [0.717, 1.165) is 0 Å². The lowest BCUT2D eigenvalue weighted by molar-refractivity contribution is -0.152. The summed E-state index contributed by atoms with van der Waals surface area (Å²) in [6, 6.07) is 10.1. The molecule has 1 saturated heterocycles. The van der Waals surface area contributed by atoms with E-state index in [1.54, 1.807) is 12.1 Å². The van der Waals surface area contributed by atoms with Crippen LogP contribution < -0.4 is 11.1 Å². The van der Waals surface area contributed by atoms with E-state index in [0.29, 0.717) is 22.8 Å². The lowest BCUT2D eigenvalue weighted by atomic mass is 10.3. The normalized spacial score (nSPS) is 11.3. The fourth-order valence-corrected chi connectivity index (χ4v) is 1.86. The third-order valence-corrected chi connectivity index (χ3v) is 3.40. The highest BCUT2D eigenvalue weighted by Gasteiger charge is 2.19. The van der Waals surface area contributed by atoms with Crippen molar-refractivity contribution in [1.29, 1.82) is 10.5 Å². The number of nitrogens with one attached hydrogen (secondary N) is 1. The number of amides is 1. The van der Waals surface area contributed by atoms with Crippen molar-refractivity contribution in [2.75, 3.05) is 11.1 Å². The van der Waals surface area contributed by atoms with Gasteiger partial charge in [0.2, 0.25) is 5.91 Å². The van der Waals surface area contributed by atoms with Crippen molar-refractivity contribution >= 4 is 35.5 Å². The molecule has 1 aliphatic heterocycles. The van der Waals surface area contributed by atoms with E-state index in [-0.39, 0.29) is 25.7 Å². The SMILES string of the molecule is N#Cc1ccc(N)nc1.N#Cc1ccc(NC(=O)CCC(=O)O)nc1.O=C1CCC(=O)O1. The lowest BCUT2D eigenvalue weighted by Gasteiger charge is -2.02. The summed E-state index contributed by atoms with van der Waals surface area (Å²) in [6.45, 7) is 0. The molecule has 1 aliphatic rings. The second-order valence-electron chi connectivity index (χ2n) is 5.92. The molecule has 2 aromatic heterocycles. The highest BCUT2D eigenvalue weighted by Crippen LogP contribution is 2.05. The Hall–Kier alpha value is -4.84. The van der Waals surface area contributed by atoms with E-state index in [1.165, 1.54) is 24.5 Å². The molecule has 0 unspecified atom stereocenters. The Bertz CT molecular complexity index is 1020. The molecule has 164 valence electrons. The van der Waals surface area contributed by atoms with E-state index >= 15 is 0 Å². The summed E-state index contributed by atoms with van der Waals surface area (Å²) < 4.78 is 4.08. The summed E-state index contributed by atoms with van der Waals surface area (Å²) in [5, 5.41) is 27.6. The van der Waals surface area contributed by atoms with Gasteiger partial charge in [-0.1, -0.05) is 0 Å². The molecule has 0 atom stereocenters. The molecular formula is C20H18N6O6. The van der Waals surface area contributed by atoms with Gasteiger partial charge in [0.1, 0.15) is 23.8 Å². The monoisotopic (exact) mass is 438 g/mol. The number of rotatable bonds is 4. The van der Waals surface area contributed by atoms with Crippen LogP contribution in [-0.2, 0) is 23.9 Å². The number of hydrogen-bond donors (Lipinski definition) is 3. The van der Waals surface area contributed by atoms with Crippen LogP contribution in [0.1, 0.15) is 36.8 Å². The minimum Gasteiger partial charge on any atom is -0.481 e. The predicted molar refractivity (Wildman–Crippen MR) is 108 cm³/mol. The summed E-state index contributed by atoms with van der Waals surface area (Å²) >= 11 is 0. The van der Waals surface area contributed by atoms with Gasteiger partial charge in [0.25, 0.3) is 0 Å². The van der Waals surface area contributed by atoms with Crippen molar-refractivity contribution in [2.24, 2.45) is 0 Å². The summed E-state index contributed by atoms with van der Waals surface area (Å²) in [5.74, 6) is -1.50. The number of carboxylic acids is 1. The number of aliphatic carboxylic acids is 1. The topological polar surface area (TPSA) is 209 Å². The van der Waals surface area contributed by atoms with Gasteiger partial charge in [-0.2, -0.15) is 10.5 Å². The van der Waals surface area contributed by atoms with Gasteiger partial charge < -0.3 is 20.9 Å². The van der Waals surface area contributed by atoms with Crippen LogP contribution in [0.3, 0.4) is 0 Å². The third-order valence-electron chi connectivity index (χ3n) is 3.40. The minimum atomic E-state index is -1.03. The first-order chi connectivity index (χ1) is 15.2. The smallest absolute Gasteiger partial charge is 0.314 e. The molecule has 4 N–H and O–H groups in total. The average molecular weight is 438 g/mol. The number of ether oxygens (including phenoxy) is 1. The van der Waals surface area contributed by atoms with Crippen LogP contribution >= 0.6 is 0 Å². The van der Waals surface area contributed by atoms with Crippen LogP contribution in [0.25, 0.3) is 0 Å². The number of esters is 2. The molecule has 2 aromatic rings. The maximum absolute atomic E-state index is 11.2. The van der Waals surface area contributed by atoms with E-state index in [2.05, 4.69) is 20.0 Å². The molecule has 12 heteroatoms. The van der Waals surface area contributed by atoms with Crippen molar-refractivity contribution in [2.45, 2.75) is 25.7 Å².